The third-order valence-electron chi connectivity index (χ3n) is 4.05. The predicted molar refractivity (Wildman–Crippen MR) is 85.9 cm³/mol. The highest BCUT2D eigenvalue weighted by Gasteiger charge is 2.17. The maximum Gasteiger partial charge on any atom is 0.251 e. The Kier molecular flexibility index (Phi) is 4.11. The molecule has 0 radical (unpaired) electrons. The summed E-state index contributed by atoms with van der Waals surface area (Å²) in [4.78, 5) is 12.5. The van der Waals surface area contributed by atoms with E-state index in [2.05, 4.69) is 10.6 Å². The maximum absolute atomic E-state index is 12.5. The monoisotopic (exact) mass is 296 g/mol. The molecule has 1 heterocycles. The molecule has 114 valence electrons. The smallest absolute Gasteiger partial charge is 0.251 e. The van der Waals surface area contributed by atoms with Gasteiger partial charge in [-0.3, -0.25) is 4.79 Å². The Morgan fingerprint density at radius 1 is 1.18 bits per heavy atom. The van der Waals surface area contributed by atoms with Crippen molar-refractivity contribution < 1.29 is 9.53 Å². The van der Waals surface area contributed by atoms with E-state index >= 15 is 0 Å². The van der Waals surface area contributed by atoms with Crippen LogP contribution in [0.2, 0.25) is 0 Å². The van der Waals surface area contributed by atoms with Crippen LogP contribution in [0.25, 0.3) is 0 Å². The van der Waals surface area contributed by atoms with Crippen molar-refractivity contribution in [2.45, 2.75) is 26.1 Å². The van der Waals surface area contributed by atoms with E-state index in [9.17, 15) is 4.79 Å². The average molecular weight is 296 g/mol. The first-order valence-corrected chi connectivity index (χ1v) is 7.45. The highest BCUT2D eigenvalue weighted by Crippen LogP contribution is 2.25. The summed E-state index contributed by atoms with van der Waals surface area (Å²) in [6.07, 6.45) is 0. The van der Waals surface area contributed by atoms with Crippen LogP contribution in [0.3, 0.4) is 0 Å². The molecule has 4 nitrogen and oxygen atoms in total. The lowest BCUT2D eigenvalue weighted by Crippen LogP contribution is -2.27. The van der Waals surface area contributed by atoms with Crippen LogP contribution in [0.15, 0.2) is 42.5 Å². The highest BCUT2D eigenvalue weighted by atomic mass is 16.5. The summed E-state index contributed by atoms with van der Waals surface area (Å²) >= 11 is 0. The molecular formula is C18H20N2O2. The summed E-state index contributed by atoms with van der Waals surface area (Å²) in [7, 11) is 1.64. The fraction of sp³-hybridized carbons (Fsp3) is 0.278. The summed E-state index contributed by atoms with van der Waals surface area (Å²) in [5.74, 6) is 0.724. The Morgan fingerprint density at radius 3 is 2.77 bits per heavy atom. The SMILES string of the molecule is COc1ccccc1C(C)NC(=O)c1ccc2c(c1)CNC2. The van der Waals surface area contributed by atoms with Crippen LogP contribution < -0.4 is 15.4 Å². The lowest BCUT2D eigenvalue weighted by Gasteiger charge is -2.17. The van der Waals surface area contributed by atoms with E-state index in [0.717, 1.165) is 24.4 Å². The molecule has 0 saturated heterocycles. The van der Waals surface area contributed by atoms with Crippen molar-refractivity contribution in [3.05, 3.63) is 64.7 Å². The number of para-hydroxylation sites is 1. The van der Waals surface area contributed by atoms with E-state index in [4.69, 9.17) is 4.74 Å². The topological polar surface area (TPSA) is 50.4 Å². The van der Waals surface area contributed by atoms with Gasteiger partial charge in [-0.15, -0.1) is 0 Å². The van der Waals surface area contributed by atoms with E-state index in [1.54, 1.807) is 7.11 Å². The number of hydrogen-bond donors (Lipinski definition) is 2. The Bertz CT molecular complexity index is 697. The molecule has 2 aromatic rings. The van der Waals surface area contributed by atoms with Gasteiger partial charge in [0.2, 0.25) is 0 Å². The largest absolute Gasteiger partial charge is 0.496 e. The van der Waals surface area contributed by atoms with Gasteiger partial charge in [-0.2, -0.15) is 0 Å². The average Bonchev–Trinajstić information content (AvgIpc) is 3.02. The molecule has 0 fully saturated rings. The number of ether oxygens (including phenoxy) is 1. The zero-order valence-electron chi connectivity index (χ0n) is 12.8. The second kappa shape index (κ2) is 6.20. The van der Waals surface area contributed by atoms with E-state index in [-0.39, 0.29) is 11.9 Å². The zero-order valence-corrected chi connectivity index (χ0v) is 12.8. The highest BCUT2D eigenvalue weighted by molar-refractivity contribution is 5.94. The van der Waals surface area contributed by atoms with Crippen LogP contribution in [-0.2, 0) is 13.1 Å². The van der Waals surface area contributed by atoms with Gasteiger partial charge in [-0.1, -0.05) is 24.3 Å². The third kappa shape index (κ3) is 2.83. The number of nitrogens with one attached hydrogen (secondary N) is 2. The van der Waals surface area contributed by atoms with Crippen molar-refractivity contribution >= 4 is 5.91 Å². The number of hydrogen-bond acceptors (Lipinski definition) is 3. The predicted octanol–water partition coefficient (Wildman–Crippen LogP) is 2.79. The van der Waals surface area contributed by atoms with E-state index in [1.165, 1.54) is 11.1 Å². The maximum atomic E-state index is 12.5. The molecule has 0 saturated carbocycles. The number of carbonyl (C=O) groups is 1. The van der Waals surface area contributed by atoms with Crippen molar-refractivity contribution in [3.63, 3.8) is 0 Å². The Labute approximate surface area is 130 Å². The van der Waals surface area contributed by atoms with Crippen LogP contribution in [-0.4, -0.2) is 13.0 Å². The van der Waals surface area contributed by atoms with Gasteiger partial charge < -0.3 is 15.4 Å². The van der Waals surface area contributed by atoms with Gasteiger partial charge in [-0.05, 0) is 36.2 Å². The summed E-state index contributed by atoms with van der Waals surface area (Å²) in [5.41, 5.74) is 4.15. The second-order valence-corrected chi connectivity index (χ2v) is 5.52. The Hall–Kier alpha value is -2.33. The fourth-order valence-corrected chi connectivity index (χ4v) is 2.82. The third-order valence-corrected chi connectivity index (χ3v) is 4.05. The number of methoxy groups -OCH3 is 1. The number of benzene rings is 2. The van der Waals surface area contributed by atoms with E-state index in [0.29, 0.717) is 5.56 Å². The van der Waals surface area contributed by atoms with Gasteiger partial charge in [0.25, 0.3) is 5.91 Å². The van der Waals surface area contributed by atoms with Crippen LogP contribution in [0.1, 0.15) is 40.0 Å². The minimum Gasteiger partial charge on any atom is -0.496 e. The molecule has 2 N–H and O–H groups in total. The number of fused-ring (bicyclic) bond motifs is 1. The van der Waals surface area contributed by atoms with Crippen molar-refractivity contribution in [1.29, 1.82) is 0 Å². The first-order chi connectivity index (χ1) is 10.7. The Balaban J connectivity index is 1.76. The number of carbonyl (C=O) groups excluding carboxylic acids is 1. The van der Waals surface area contributed by atoms with Crippen LogP contribution in [0.5, 0.6) is 5.75 Å². The van der Waals surface area contributed by atoms with Gasteiger partial charge >= 0.3 is 0 Å². The molecule has 3 rings (SSSR count). The van der Waals surface area contributed by atoms with Crippen LogP contribution in [0.4, 0.5) is 0 Å². The fourth-order valence-electron chi connectivity index (χ4n) is 2.82. The van der Waals surface area contributed by atoms with Crippen LogP contribution >= 0.6 is 0 Å². The second-order valence-electron chi connectivity index (χ2n) is 5.52. The molecule has 2 aromatic carbocycles. The lowest BCUT2D eigenvalue weighted by molar-refractivity contribution is 0.0939. The lowest BCUT2D eigenvalue weighted by atomic mass is 10.0. The Morgan fingerprint density at radius 2 is 1.95 bits per heavy atom. The summed E-state index contributed by atoms with van der Waals surface area (Å²) < 4.78 is 5.35. The zero-order chi connectivity index (χ0) is 15.5. The molecule has 1 amide bonds. The van der Waals surface area contributed by atoms with Crippen LogP contribution in [0, 0.1) is 0 Å². The molecule has 1 unspecified atom stereocenters. The van der Waals surface area contributed by atoms with Gasteiger partial charge in [0, 0.05) is 24.2 Å². The molecule has 0 aliphatic carbocycles. The first-order valence-electron chi connectivity index (χ1n) is 7.45. The van der Waals surface area contributed by atoms with Crippen molar-refractivity contribution in [2.24, 2.45) is 0 Å². The summed E-state index contributed by atoms with van der Waals surface area (Å²) in [5, 5.41) is 6.33. The molecular weight excluding hydrogens is 276 g/mol. The van der Waals surface area contributed by atoms with Crippen molar-refractivity contribution in [2.75, 3.05) is 7.11 Å². The van der Waals surface area contributed by atoms with Gasteiger partial charge in [0.15, 0.2) is 0 Å². The normalized spacial score (nSPS) is 14.3. The molecule has 1 atom stereocenters. The van der Waals surface area contributed by atoms with Crippen molar-refractivity contribution in [3.8, 4) is 5.75 Å². The van der Waals surface area contributed by atoms with E-state index in [1.807, 2.05) is 49.4 Å². The summed E-state index contributed by atoms with van der Waals surface area (Å²) in [6.45, 7) is 3.68. The molecule has 0 aromatic heterocycles. The quantitative estimate of drug-likeness (QED) is 0.912. The number of rotatable bonds is 4. The molecule has 4 heteroatoms. The summed E-state index contributed by atoms with van der Waals surface area (Å²) in [6, 6.07) is 13.5. The van der Waals surface area contributed by atoms with Gasteiger partial charge in [0.1, 0.15) is 5.75 Å². The molecule has 0 bridgehead atoms. The minimum atomic E-state index is -0.116. The first kappa shape index (κ1) is 14.6. The van der Waals surface area contributed by atoms with E-state index < -0.39 is 0 Å². The van der Waals surface area contributed by atoms with Gasteiger partial charge in [-0.25, -0.2) is 0 Å². The molecule has 0 spiro atoms. The standard InChI is InChI=1S/C18H20N2O2/c1-12(16-5-3-4-6-17(16)22-2)20-18(21)13-7-8-14-10-19-11-15(14)9-13/h3-9,12,19H,10-11H2,1-2H3,(H,20,21). The molecule has 1 aliphatic rings. The molecule has 22 heavy (non-hydrogen) atoms. The van der Waals surface area contributed by atoms with Crippen molar-refractivity contribution in [1.82, 2.24) is 10.6 Å². The minimum absolute atomic E-state index is 0.0619. The number of amides is 1. The van der Waals surface area contributed by atoms with Gasteiger partial charge in [0.05, 0.1) is 13.2 Å². The molecule has 1 aliphatic heterocycles.